The van der Waals surface area contributed by atoms with E-state index in [0.29, 0.717) is 28.1 Å². The molecule has 40 heavy (non-hydrogen) atoms. The fraction of sp³-hybridized carbons (Fsp3) is 0.172. The molecule has 0 fully saturated rings. The molecule has 0 aliphatic heterocycles. The van der Waals surface area contributed by atoms with Gasteiger partial charge in [-0.25, -0.2) is 22.8 Å². The van der Waals surface area contributed by atoms with E-state index in [9.17, 15) is 28.0 Å². The Morgan fingerprint density at radius 1 is 0.925 bits per heavy atom. The summed E-state index contributed by atoms with van der Waals surface area (Å²) >= 11 is 0. The maximum absolute atomic E-state index is 15.3. The third-order valence-electron chi connectivity index (χ3n) is 6.42. The summed E-state index contributed by atoms with van der Waals surface area (Å²) < 4.78 is 53.7. The monoisotopic (exact) mass is 553 g/mol. The Balaban J connectivity index is 1.99. The van der Waals surface area contributed by atoms with Crippen LogP contribution in [-0.4, -0.2) is 36.3 Å². The highest BCUT2D eigenvalue weighted by atomic mass is 19.2. The molecule has 0 bridgehead atoms. The summed E-state index contributed by atoms with van der Waals surface area (Å²) in [6.45, 7) is 2.29. The number of benzene rings is 3. The van der Waals surface area contributed by atoms with Crippen molar-refractivity contribution in [2.45, 2.75) is 20.0 Å². The van der Waals surface area contributed by atoms with Gasteiger partial charge in [0.15, 0.2) is 23.6 Å². The Morgan fingerprint density at radius 3 is 1.98 bits per heavy atom. The van der Waals surface area contributed by atoms with E-state index in [-0.39, 0.29) is 6.61 Å². The van der Waals surface area contributed by atoms with Crippen LogP contribution < -0.4 is 10.0 Å². The summed E-state index contributed by atoms with van der Waals surface area (Å²) in [5.74, 6) is -7.64. The quantitative estimate of drug-likeness (QED) is 0.187. The Hall–Kier alpha value is -4.77. The second-order valence-electron chi connectivity index (χ2n) is 8.88. The molecule has 11 heteroatoms. The molecule has 0 aliphatic rings. The number of nitrogens with zero attached hydrogens (tertiary/aromatic N) is 2. The lowest BCUT2D eigenvalue weighted by molar-refractivity contribution is -0.131. The summed E-state index contributed by atoms with van der Waals surface area (Å²) in [6.07, 6.45) is -1.61. The van der Waals surface area contributed by atoms with Crippen LogP contribution in [0.15, 0.2) is 77.7 Å². The largest absolute Gasteiger partial charge is 0.550 e. The van der Waals surface area contributed by atoms with Gasteiger partial charge in [-0.05, 0) is 24.1 Å². The second kappa shape index (κ2) is 11.1. The zero-order valence-electron chi connectivity index (χ0n) is 21.7. The zero-order chi connectivity index (χ0) is 29.2. The van der Waals surface area contributed by atoms with Gasteiger partial charge >= 0.3 is 18.0 Å². The van der Waals surface area contributed by atoms with Gasteiger partial charge in [0.1, 0.15) is 18.1 Å². The van der Waals surface area contributed by atoms with Crippen molar-refractivity contribution in [3.63, 3.8) is 0 Å². The predicted molar refractivity (Wildman–Crippen MR) is 139 cm³/mol. The molecular formula is C29H24F3N2O6+. The van der Waals surface area contributed by atoms with Gasteiger partial charge in [0.2, 0.25) is 5.43 Å². The molecule has 3 aromatic carbocycles. The number of ether oxygens (including phenoxy) is 2. The molecule has 0 N–H and O–H groups in total. The van der Waals surface area contributed by atoms with Crippen LogP contribution in [0.5, 0.6) is 0 Å². The number of carbonyl (C=O) groups excluding carboxylic acids is 3. The highest BCUT2D eigenvalue weighted by molar-refractivity contribution is 6.01. The molecule has 0 aliphatic carbocycles. The molecule has 4 rings (SSSR count). The minimum atomic E-state index is -1.94. The molecule has 2 amide bonds. The third kappa shape index (κ3) is 4.87. The number of imide groups is 1. The van der Waals surface area contributed by atoms with E-state index in [1.807, 2.05) is 0 Å². The van der Waals surface area contributed by atoms with Gasteiger partial charge in [-0.1, -0.05) is 65.3 Å². The van der Waals surface area contributed by atoms with Gasteiger partial charge in [-0.2, -0.15) is 9.47 Å². The third-order valence-corrected chi connectivity index (χ3v) is 6.42. The van der Waals surface area contributed by atoms with Gasteiger partial charge in [-0.3, -0.25) is 4.79 Å². The number of fused-ring (bicyclic) bond motifs is 1. The standard InChI is InChI=1S/C29H24F3N2O6/c1-4-39-28(37)21-16-33(25-20(26(21)36)15-22(30)23(31)24(25)32)34(3,17(2)35)29(38)40-27(18-11-7-5-8-12-18)19-13-9-6-10-14-19/h5-16,27H,4H2,1-3H3/q+1. The van der Waals surface area contributed by atoms with Crippen molar-refractivity contribution in [3.8, 4) is 0 Å². The smallest absolute Gasteiger partial charge is 0.462 e. The van der Waals surface area contributed by atoms with E-state index >= 15 is 4.39 Å². The summed E-state index contributed by atoms with van der Waals surface area (Å²) in [4.78, 5) is 52.7. The van der Waals surface area contributed by atoms with Crippen molar-refractivity contribution in [1.29, 1.82) is 0 Å². The molecule has 0 spiro atoms. The number of aromatic nitrogens is 1. The molecule has 4 aromatic rings. The van der Waals surface area contributed by atoms with Gasteiger partial charge < -0.3 is 9.47 Å². The number of carbonyl (C=O) groups is 3. The van der Waals surface area contributed by atoms with Crippen LogP contribution in [0.2, 0.25) is 0 Å². The number of pyridine rings is 1. The minimum Gasteiger partial charge on any atom is -0.462 e. The molecule has 0 saturated carbocycles. The first kappa shape index (κ1) is 28.2. The fourth-order valence-electron chi connectivity index (χ4n) is 4.20. The van der Waals surface area contributed by atoms with Crippen LogP contribution in [0.1, 0.15) is 41.4 Å². The van der Waals surface area contributed by atoms with Gasteiger partial charge in [0, 0.05) is 0 Å². The second-order valence-corrected chi connectivity index (χ2v) is 8.88. The zero-order valence-corrected chi connectivity index (χ0v) is 21.7. The normalized spacial score (nSPS) is 12.7. The average molecular weight is 554 g/mol. The Kier molecular flexibility index (Phi) is 7.87. The number of hydrogen-bond acceptors (Lipinski definition) is 6. The van der Waals surface area contributed by atoms with Crippen LogP contribution in [0, 0.1) is 17.5 Å². The van der Waals surface area contributed by atoms with Crippen LogP contribution in [0.4, 0.5) is 18.0 Å². The van der Waals surface area contributed by atoms with E-state index in [0.717, 1.165) is 14.0 Å². The number of halogens is 3. The van der Waals surface area contributed by atoms with Crippen molar-refractivity contribution in [1.82, 2.24) is 9.27 Å². The Bertz CT molecular complexity index is 1640. The van der Waals surface area contributed by atoms with Gasteiger partial charge in [0.05, 0.1) is 25.1 Å². The van der Waals surface area contributed by atoms with Crippen LogP contribution in [-0.2, 0) is 14.3 Å². The molecule has 8 nitrogen and oxygen atoms in total. The summed E-state index contributed by atoms with van der Waals surface area (Å²) in [5, 5.41) is -0.789. The van der Waals surface area contributed by atoms with E-state index < -0.39 is 68.0 Å². The number of rotatable bonds is 6. The van der Waals surface area contributed by atoms with Crippen LogP contribution >= 0.6 is 0 Å². The van der Waals surface area contributed by atoms with Crippen molar-refractivity contribution in [3.05, 3.63) is 117 Å². The van der Waals surface area contributed by atoms with Gasteiger partial charge in [0.25, 0.3) is 0 Å². The topological polar surface area (TPSA) is 91.7 Å². The molecule has 0 radical (unpaired) electrons. The highest BCUT2D eigenvalue weighted by Gasteiger charge is 2.46. The van der Waals surface area contributed by atoms with Crippen LogP contribution in [0.25, 0.3) is 10.9 Å². The Morgan fingerprint density at radius 2 is 1.48 bits per heavy atom. The first-order chi connectivity index (χ1) is 19.0. The lowest BCUT2D eigenvalue weighted by Crippen LogP contribution is -2.63. The van der Waals surface area contributed by atoms with Crippen molar-refractivity contribution >= 4 is 28.9 Å². The molecule has 0 saturated heterocycles. The summed E-state index contributed by atoms with van der Waals surface area (Å²) in [7, 11) is 1.01. The molecule has 1 aromatic heterocycles. The molecular weight excluding hydrogens is 529 g/mol. The molecule has 1 atom stereocenters. The highest BCUT2D eigenvalue weighted by Crippen LogP contribution is 2.29. The average Bonchev–Trinajstić information content (AvgIpc) is 2.95. The van der Waals surface area contributed by atoms with Crippen molar-refractivity contribution < 1.29 is 37.0 Å². The van der Waals surface area contributed by atoms with E-state index in [1.54, 1.807) is 60.7 Å². The summed E-state index contributed by atoms with van der Waals surface area (Å²) in [6, 6.07) is 17.5. The van der Waals surface area contributed by atoms with Crippen molar-refractivity contribution in [2.75, 3.05) is 13.7 Å². The number of hydrogen-bond donors (Lipinski definition) is 0. The summed E-state index contributed by atoms with van der Waals surface area (Å²) in [5.41, 5.74) is -1.78. The van der Waals surface area contributed by atoms with E-state index in [2.05, 4.69) is 0 Å². The molecule has 1 unspecified atom stereocenters. The molecule has 206 valence electrons. The van der Waals surface area contributed by atoms with Crippen molar-refractivity contribution in [2.24, 2.45) is 0 Å². The van der Waals surface area contributed by atoms with E-state index in [4.69, 9.17) is 9.47 Å². The number of amides is 2. The maximum atomic E-state index is 15.3. The fourth-order valence-corrected chi connectivity index (χ4v) is 4.20. The van der Waals surface area contributed by atoms with Crippen LogP contribution in [0.3, 0.4) is 0 Å². The van der Waals surface area contributed by atoms with Gasteiger partial charge in [-0.15, -0.1) is 0 Å². The minimum absolute atomic E-state index is 0.154. The molecule has 1 heterocycles. The SMILES string of the molecule is CCOC(=O)c1cn([N+](C)(C(C)=O)C(=O)OC(c2ccccc2)c2ccccc2)c2c(F)c(F)c(F)cc2c1=O. The predicted octanol–water partition coefficient (Wildman–Crippen LogP) is 5.14. The lowest BCUT2D eigenvalue weighted by Gasteiger charge is -2.31. The first-order valence-corrected chi connectivity index (χ1v) is 12.1. The first-order valence-electron chi connectivity index (χ1n) is 12.1. The lowest BCUT2D eigenvalue weighted by atomic mass is 10.0. The number of esters is 1. The maximum Gasteiger partial charge on any atom is 0.550 e. The van der Waals surface area contributed by atoms with E-state index in [1.165, 1.54) is 6.92 Å². The number of quaternary nitrogens is 1. The Labute approximate surface area is 226 Å².